The molecule has 2 atom stereocenters. The third-order valence-electron chi connectivity index (χ3n) is 2.60. The van der Waals surface area contributed by atoms with Crippen LogP contribution in [0.15, 0.2) is 5.51 Å². The molecule has 1 fully saturated rings. The van der Waals surface area contributed by atoms with Crippen LogP contribution in [0.3, 0.4) is 0 Å². The molecule has 0 amide bonds. The van der Waals surface area contributed by atoms with Crippen molar-refractivity contribution in [2.75, 3.05) is 0 Å². The normalized spacial score (nSPS) is 28.4. The average Bonchev–Trinajstić information content (AvgIpc) is 2.60. The number of ether oxygens (including phenoxy) is 1. The minimum absolute atomic E-state index is 0.130. The van der Waals surface area contributed by atoms with Crippen LogP contribution in [0.4, 0.5) is 0 Å². The highest BCUT2D eigenvalue weighted by molar-refractivity contribution is 7.11. The van der Waals surface area contributed by atoms with Crippen molar-refractivity contribution in [1.29, 1.82) is 0 Å². The molecule has 0 aromatic carbocycles. The van der Waals surface area contributed by atoms with Gasteiger partial charge in [-0.25, -0.2) is 0 Å². The molecule has 0 aliphatic heterocycles. The Morgan fingerprint density at radius 3 is 3.00 bits per heavy atom. The largest absolute Gasteiger partial charge is 0.464 e. The average molecular weight is 213 g/mol. The van der Waals surface area contributed by atoms with E-state index in [2.05, 4.69) is 10.2 Å². The van der Waals surface area contributed by atoms with Crippen LogP contribution in [-0.4, -0.2) is 22.3 Å². The van der Waals surface area contributed by atoms with E-state index in [4.69, 9.17) is 10.5 Å². The van der Waals surface area contributed by atoms with Crippen molar-refractivity contribution >= 4 is 11.3 Å². The van der Waals surface area contributed by atoms with E-state index in [-0.39, 0.29) is 12.1 Å². The van der Waals surface area contributed by atoms with E-state index >= 15 is 0 Å². The molecule has 78 valence electrons. The number of nitrogens with two attached hydrogens (primary N) is 1. The van der Waals surface area contributed by atoms with Gasteiger partial charge in [-0.15, -0.1) is 10.2 Å². The maximum Gasteiger partial charge on any atom is 0.294 e. The number of hydrogen-bond acceptors (Lipinski definition) is 5. The Morgan fingerprint density at radius 2 is 2.21 bits per heavy atom. The lowest BCUT2D eigenvalue weighted by molar-refractivity contribution is 0.161. The van der Waals surface area contributed by atoms with Gasteiger partial charge in [-0.05, 0) is 19.3 Å². The molecule has 2 rings (SSSR count). The van der Waals surface area contributed by atoms with Gasteiger partial charge >= 0.3 is 0 Å². The molecule has 1 heterocycles. The molecule has 0 saturated heterocycles. The second kappa shape index (κ2) is 4.70. The summed E-state index contributed by atoms with van der Waals surface area (Å²) in [5, 5.41) is 8.25. The summed E-state index contributed by atoms with van der Waals surface area (Å²) in [5.41, 5.74) is 7.71. The Labute approximate surface area is 87.5 Å². The van der Waals surface area contributed by atoms with Crippen LogP contribution in [0, 0.1) is 0 Å². The molecule has 0 radical (unpaired) electrons. The van der Waals surface area contributed by atoms with Crippen molar-refractivity contribution in [3.8, 4) is 5.19 Å². The van der Waals surface area contributed by atoms with E-state index in [9.17, 15) is 0 Å². The second-order valence-corrected chi connectivity index (χ2v) is 4.46. The van der Waals surface area contributed by atoms with Crippen LogP contribution >= 0.6 is 11.3 Å². The Morgan fingerprint density at radius 1 is 1.36 bits per heavy atom. The van der Waals surface area contributed by atoms with E-state index in [1.807, 2.05) is 0 Å². The van der Waals surface area contributed by atoms with Crippen LogP contribution < -0.4 is 10.5 Å². The fraction of sp³-hybridized carbons (Fsp3) is 0.778. The van der Waals surface area contributed by atoms with Gasteiger partial charge in [0.05, 0.1) is 0 Å². The Hall–Kier alpha value is -0.680. The minimum Gasteiger partial charge on any atom is -0.464 e. The number of nitrogens with zero attached hydrogens (tertiary/aromatic N) is 2. The van der Waals surface area contributed by atoms with Gasteiger partial charge in [0.2, 0.25) is 0 Å². The molecule has 1 saturated carbocycles. The van der Waals surface area contributed by atoms with Crippen molar-refractivity contribution in [1.82, 2.24) is 10.2 Å². The molecule has 5 heteroatoms. The zero-order chi connectivity index (χ0) is 9.80. The van der Waals surface area contributed by atoms with E-state index < -0.39 is 0 Å². The first-order valence-electron chi connectivity index (χ1n) is 5.04. The fourth-order valence-electron chi connectivity index (χ4n) is 1.79. The molecule has 1 aromatic heterocycles. The topological polar surface area (TPSA) is 61.0 Å². The molecular formula is C9H15N3OS. The standard InChI is InChI=1S/C9H15N3OS/c10-7-4-2-1-3-5-8(7)13-9-12-11-6-14-9/h6-8H,1-5,10H2. The first-order chi connectivity index (χ1) is 6.86. The lowest BCUT2D eigenvalue weighted by atomic mass is 10.1. The van der Waals surface area contributed by atoms with E-state index in [0.29, 0.717) is 5.19 Å². The zero-order valence-corrected chi connectivity index (χ0v) is 8.87. The smallest absolute Gasteiger partial charge is 0.294 e. The summed E-state index contributed by atoms with van der Waals surface area (Å²) >= 11 is 1.43. The monoisotopic (exact) mass is 213 g/mol. The summed E-state index contributed by atoms with van der Waals surface area (Å²) in [7, 11) is 0. The lowest BCUT2D eigenvalue weighted by Crippen LogP contribution is -2.37. The van der Waals surface area contributed by atoms with Crippen LogP contribution in [0.25, 0.3) is 0 Å². The van der Waals surface area contributed by atoms with E-state index in [1.54, 1.807) is 5.51 Å². The molecule has 14 heavy (non-hydrogen) atoms. The molecule has 1 aromatic rings. The van der Waals surface area contributed by atoms with Crippen molar-refractivity contribution in [2.24, 2.45) is 5.73 Å². The zero-order valence-electron chi connectivity index (χ0n) is 8.06. The predicted octanol–water partition coefficient (Wildman–Crippen LogP) is 1.58. The SMILES string of the molecule is NC1CCCCCC1Oc1nncs1. The summed E-state index contributed by atoms with van der Waals surface area (Å²) in [6.07, 6.45) is 5.92. The molecule has 0 bridgehead atoms. The lowest BCUT2D eigenvalue weighted by Gasteiger charge is -2.20. The Bertz CT molecular complexity index is 265. The highest BCUT2D eigenvalue weighted by Gasteiger charge is 2.22. The van der Waals surface area contributed by atoms with Crippen molar-refractivity contribution in [3.05, 3.63) is 5.51 Å². The predicted molar refractivity (Wildman–Crippen MR) is 55.4 cm³/mol. The van der Waals surface area contributed by atoms with E-state index in [0.717, 1.165) is 12.8 Å². The van der Waals surface area contributed by atoms with Crippen molar-refractivity contribution in [3.63, 3.8) is 0 Å². The number of rotatable bonds is 2. The van der Waals surface area contributed by atoms with Gasteiger partial charge in [0.25, 0.3) is 5.19 Å². The van der Waals surface area contributed by atoms with Gasteiger partial charge in [-0.2, -0.15) is 0 Å². The van der Waals surface area contributed by atoms with Gasteiger partial charge in [0, 0.05) is 6.04 Å². The molecule has 4 nitrogen and oxygen atoms in total. The summed E-state index contributed by atoms with van der Waals surface area (Å²) in [6, 6.07) is 0.154. The van der Waals surface area contributed by atoms with Gasteiger partial charge in [0.1, 0.15) is 11.6 Å². The molecule has 0 spiro atoms. The first-order valence-corrected chi connectivity index (χ1v) is 5.92. The molecule has 2 N–H and O–H groups in total. The summed E-state index contributed by atoms with van der Waals surface area (Å²) in [6.45, 7) is 0. The first kappa shape index (κ1) is 9.86. The third-order valence-corrected chi connectivity index (χ3v) is 3.18. The Kier molecular flexibility index (Phi) is 3.31. The van der Waals surface area contributed by atoms with Gasteiger partial charge in [-0.3, -0.25) is 0 Å². The summed E-state index contributed by atoms with van der Waals surface area (Å²) < 4.78 is 5.71. The maximum absolute atomic E-state index is 6.03. The number of aromatic nitrogens is 2. The quantitative estimate of drug-likeness (QED) is 0.758. The number of hydrogen-bond donors (Lipinski definition) is 1. The van der Waals surface area contributed by atoms with Crippen LogP contribution in [0.2, 0.25) is 0 Å². The van der Waals surface area contributed by atoms with Gasteiger partial charge in [0.15, 0.2) is 0 Å². The van der Waals surface area contributed by atoms with Gasteiger partial charge in [-0.1, -0.05) is 24.2 Å². The van der Waals surface area contributed by atoms with Gasteiger partial charge < -0.3 is 10.5 Å². The summed E-state index contributed by atoms with van der Waals surface area (Å²) in [4.78, 5) is 0. The maximum atomic E-state index is 6.03. The molecule has 1 aliphatic carbocycles. The van der Waals surface area contributed by atoms with Crippen molar-refractivity contribution < 1.29 is 4.74 Å². The van der Waals surface area contributed by atoms with Crippen LogP contribution in [0.5, 0.6) is 5.19 Å². The fourth-order valence-corrected chi connectivity index (χ4v) is 2.25. The summed E-state index contributed by atoms with van der Waals surface area (Å²) in [5.74, 6) is 0. The second-order valence-electron chi connectivity index (χ2n) is 3.66. The van der Waals surface area contributed by atoms with Crippen LogP contribution in [0.1, 0.15) is 32.1 Å². The third kappa shape index (κ3) is 2.42. The highest BCUT2D eigenvalue weighted by Crippen LogP contribution is 2.22. The van der Waals surface area contributed by atoms with E-state index in [1.165, 1.54) is 30.6 Å². The molecule has 2 unspecified atom stereocenters. The highest BCUT2D eigenvalue weighted by atomic mass is 32.1. The molecular weight excluding hydrogens is 198 g/mol. The molecule has 1 aliphatic rings. The van der Waals surface area contributed by atoms with Crippen molar-refractivity contribution in [2.45, 2.75) is 44.2 Å². The minimum atomic E-state index is 0.130. The Balaban J connectivity index is 1.94. The van der Waals surface area contributed by atoms with Crippen LogP contribution in [-0.2, 0) is 0 Å².